The molecule has 0 radical (unpaired) electrons. The van der Waals surface area contributed by atoms with Gasteiger partial charge in [0.05, 0.1) is 10.2 Å². The SMILES string of the molecule is Cc1cccc(-c2nc(C)c(Br)c(N)n2)n1. The fraction of sp³-hybridized carbons (Fsp3) is 0.182. The van der Waals surface area contributed by atoms with E-state index >= 15 is 0 Å². The van der Waals surface area contributed by atoms with Crippen LogP contribution in [-0.2, 0) is 0 Å². The van der Waals surface area contributed by atoms with Crippen LogP contribution in [0.5, 0.6) is 0 Å². The van der Waals surface area contributed by atoms with Crippen molar-refractivity contribution in [1.82, 2.24) is 15.0 Å². The summed E-state index contributed by atoms with van der Waals surface area (Å²) in [5, 5.41) is 0. The average Bonchev–Trinajstić information content (AvgIpc) is 2.25. The number of nitrogens with two attached hydrogens (primary N) is 1. The lowest BCUT2D eigenvalue weighted by Crippen LogP contribution is -2.01. The van der Waals surface area contributed by atoms with E-state index in [1.807, 2.05) is 32.0 Å². The van der Waals surface area contributed by atoms with Gasteiger partial charge in [0.25, 0.3) is 0 Å². The lowest BCUT2D eigenvalue weighted by Gasteiger charge is -2.05. The zero-order valence-corrected chi connectivity index (χ0v) is 10.6. The number of hydrogen-bond donors (Lipinski definition) is 1. The van der Waals surface area contributed by atoms with Crippen LogP contribution >= 0.6 is 15.9 Å². The number of rotatable bonds is 1. The Labute approximate surface area is 102 Å². The Morgan fingerprint density at radius 3 is 2.50 bits per heavy atom. The van der Waals surface area contributed by atoms with Gasteiger partial charge < -0.3 is 5.73 Å². The molecule has 0 aliphatic rings. The number of hydrogen-bond acceptors (Lipinski definition) is 4. The van der Waals surface area contributed by atoms with Crippen molar-refractivity contribution < 1.29 is 0 Å². The Morgan fingerprint density at radius 1 is 1.12 bits per heavy atom. The van der Waals surface area contributed by atoms with Crippen LogP contribution in [-0.4, -0.2) is 15.0 Å². The van der Waals surface area contributed by atoms with Crippen LogP contribution in [0.2, 0.25) is 0 Å². The first-order valence-electron chi connectivity index (χ1n) is 4.81. The lowest BCUT2D eigenvalue weighted by molar-refractivity contribution is 1.07. The first kappa shape index (κ1) is 11.0. The Bertz CT molecular complexity index is 516. The molecular formula is C11H11BrN4. The molecule has 5 heteroatoms. The number of nitrogens with zero attached hydrogens (tertiary/aromatic N) is 3. The Balaban J connectivity index is 2.57. The zero-order chi connectivity index (χ0) is 11.7. The Hall–Kier alpha value is -1.49. The maximum atomic E-state index is 5.77. The number of aryl methyl sites for hydroxylation is 2. The summed E-state index contributed by atoms with van der Waals surface area (Å²) in [7, 11) is 0. The van der Waals surface area contributed by atoms with Gasteiger partial charge in [-0.1, -0.05) is 6.07 Å². The van der Waals surface area contributed by atoms with Gasteiger partial charge in [-0.2, -0.15) is 0 Å². The van der Waals surface area contributed by atoms with Crippen LogP contribution < -0.4 is 5.73 Å². The first-order chi connectivity index (χ1) is 7.58. The van der Waals surface area contributed by atoms with Crippen LogP contribution in [0, 0.1) is 13.8 Å². The minimum absolute atomic E-state index is 0.436. The second kappa shape index (κ2) is 4.17. The molecule has 2 aromatic rings. The average molecular weight is 279 g/mol. The molecule has 0 amide bonds. The van der Waals surface area contributed by atoms with Gasteiger partial charge in [-0.05, 0) is 41.9 Å². The summed E-state index contributed by atoms with van der Waals surface area (Å²) in [5.41, 5.74) is 8.25. The minimum atomic E-state index is 0.436. The number of halogens is 1. The minimum Gasteiger partial charge on any atom is -0.383 e. The largest absolute Gasteiger partial charge is 0.383 e. The molecule has 0 aliphatic heterocycles. The van der Waals surface area contributed by atoms with Gasteiger partial charge >= 0.3 is 0 Å². The van der Waals surface area contributed by atoms with Gasteiger partial charge in [0, 0.05) is 5.69 Å². The highest BCUT2D eigenvalue weighted by atomic mass is 79.9. The molecule has 16 heavy (non-hydrogen) atoms. The van der Waals surface area contributed by atoms with Crippen molar-refractivity contribution >= 4 is 21.7 Å². The van der Waals surface area contributed by atoms with Crippen LogP contribution in [0.25, 0.3) is 11.5 Å². The smallest absolute Gasteiger partial charge is 0.180 e. The van der Waals surface area contributed by atoms with Crippen molar-refractivity contribution in [3.05, 3.63) is 34.1 Å². The Kier molecular flexibility index (Phi) is 2.87. The highest BCUT2D eigenvalue weighted by Crippen LogP contribution is 2.23. The van der Waals surface area contributed by atoms with E-state index < -0.39 is 0 Å². The van der Waals surface area contributed by atoms with Crippen molar-refractivity contribution in [2.45, 2.75) is 13.8 Å². The van der Waals surface area contributed by atoms with Gasteiger partial charge in [0.15, 0.2) is 5.82 Å². The first-order valence-corrected chi connectivity index (χ1v) is 5.61. The van der Waals surface area contributed by atoms with Crippen molar-refractivity contribution in [1.29, 1.82) is 0 Å². The van der Waals surface area contributed by atoms with E-state index in [0.29, 0.717) is 11.6 Å². The maximum absolute atomic E-state index is 5.77. The lowest BCUT2D eigenvalue weighted by atomic mass is 10.3. The second-order valence-electron chi connectivity index (χ2n) is 3.50. The predicted molar refractivity (Wildman–Crippen MR) is 66.8 cm³/mol. The fourth-order valence-electron chi connectivity index (χ4n) is 1.36. The number of aromatic nitrogens is 3. The fourth-order valence-corrected chi connectivity index (χ4v) is 1.54. The number of anilines is 1. The molecular weight excluding hydrogens is 268 g/mol. The van der Waals surface area contributed by atoms with Crippen LogP contribution in [0.15, 0.2) is 22.7 Å². The molecule has 0 spiro atoms. The summed E-state index contributed by atoms with van der Waals surface area (Å²) in [5.74, 6) is 0.993. The molecule has 2 N–H and O–H groups in total. The summed E-state index contributed by atoms with van der Waals surface area (Å²) in [6.07, 6.45) is 0. The van der Waals surface area contributed by atoms with Crippen molar-refractivity contribution in [2.75, 3.05) is 5.73 Å². The second-order valence-corrected chi connectivity index (χ2v) is 4.29. The standard InChI is InChI=1S/C11H11BrN4/c1-6-4-3-5-8(14-6)11-15-7(2)9(12)10(13)16-11/h3-5H,1-2H3,(H2,13,15,16). The Morgan fingerprint density at radius 2 is 1.88 bits per heavy atom. The quantitative estimate of drug-likeness (QED) is 0.871. The highest BCUT2D eigenvalue weighted by Gasteiger charge is 2.09. The van der Waals surface area contributed by atoms with Crippen LogP contribution in [0.1, 0.15) is 11.4 Å². The molecule has 0 saturated carbocycles. The van der Waals surface area contributed by atoms with Crippen LogP contribution in [0.3, 0.4) is 0 Å². The molecule has 0 aromatic carbocycles. The van der Waals surface area contributed by atoms with E-state index in [9.17, 15) is 0 Å². The maximum Gasteiger partial charge on any atom is 0.180 e. The third-order valence-electron chi connectivity index (χ3n) is 2.16. The zero-order valence-electron chi connectivity index (χ0n) is 9.03. The molecule has 0 atom stereocenters. The van der Waals surface area contributed by atoms with Gasteiger partial charge in [-0.15, -0.1) is 0 Å². The summed E-state index contributed by atoms with van der Waals surface area (Å²) in [6.45, 7) is 3.81. The van der Waals surface area contributed by atoms with Gasteiger partial charge in [-0.25, -0.2) is 15.0 Å². The monoisotopic (exact) mass is 278 g/mol. The number of nitrogen functional groups attached to an aromatic ring is 1. The summed E-state index contributed by atoms with van der Waals surface area (Å²) >= 11 is 3.33. The van der Waals surface area contributed by atoms with Gasteiger partial charge in [0.2, 0.25) is 0 Å². The topological polar surface area (TPSA) is 64.7 Å². The van der Waals surface area contributed by atoms with E-state index in [4.69, 9.17) is 5.73 Å². The third kappa shape index (κ3) is 2.04. The molecule has 4 nitrogen and oxygen atoms in total. The van der Waals surface area contributed by atoms with E-state index in [2.05, 4.69) is 30.9 Å². The molecule has 0 bridgehead atoms. The molecule has 0 unspecified atom stereocenters. The highest BCUT2D eigenvalue weighted by molar-refractivity contribution is 9.10. The normalized spacial score (nSPS) is 10.4. The molecule has 0 fully saturated rings. The summed E-state index contributed by atoms with van der Waals surface area (Å²) in [4.78, 5) is 12.9. The van der Waals surface area contributed by atoms with E-state index in [1.165, 1.54) is 0 Å². The van der Waals surface area contributed by atoms with E-state index in [-0.39, 0.29) is 0 Å². The molecule has 2 rings (SSSR count). The molecule has 0 saturated heterocycles. The predicted octanol–water partition coefficient (Wildman–Crippen LogP) is 2.50. The van der Waals surface area contributed by atoms with E-state index in [0.717, 1.165) is 21.6 Å². The molecule has 2 heterocycles. The summed E-state index contributed by atoms with van der Waals surface area (Å²) in [6, 6.07) is 5.72. The van der Waals surface area contributed by atoms with E-state index in [1.54, 1.807) is 0 Å². The van der Waals surface area contributed by atoms with Gasteiger partial charge in [-0.3, -0.25) is 0 Å². The van der Waals surface area contributed by atoms with Crippen LogP contribution in [0.4, 0.5) is 5.82 Å². The molecule has 2 aromatic heterocycles. The van der Waals surface area contributed by atoms with Crippen molar-refractivity contribution in [3.8, 4) is 11.5 Å². The number of pyridine rings is 1. The molecule has 0 aliphatic carbocycles. The summed E-state index contributed by atoms with van der Waals surface area (Å²) < 4.78 is 0.740. The van der Waals surface area contributed by atoms with Crippen molar-refractivity contribution in [3.63, 3.8) is 0 Å². The third-order valence-corrected chi connectivity index (χ3v) is 3.14. The molecule has 82 valence electrons. The van der Waals surface area contributed by atoms with Crippen molar-refractivity contribution in [2.24, 2.45) is 0 Å². The van der Waals surface area contributed by atoms with Gasteiger partial charge in [0.1, 0.15) is 11.5 Å².